The minimum Gasteiger partial charge on any atom is -0.497 e. The van der Waals surface area contributed by atoms with E-state index in [-0.39, 0.29) is 29.8 Å². The Hall–Kier alpha value is -2.08. The lowest BCUT2D eigenvalue weighted by Crippen LogP contribution is -2.50. The summed E-state index contributed by atoms with van der Waals surface area (Å²) in [6, 6.07) is 7.67. The maximum Gasteiger partial charge on any atom is 0.225 e. The lowest BCUT2D eigenvalue weighted by molar-refractivity contribution is -0.144. The summed E-state index contributed by atoms with van der Waals surface area (Å²) in [5.41, 5.74) is 0.935. The van der Waals surface area contributed by atoms with Gasteiger partial charge in [0.25, 0.3) is 0 Å². The highest BCUT2D eigenvalue weighted by atomic mass is 16.5. The fourth-order valence-corrected chi connectivity index (χ4v) is 4.30. The number of hydrogen-bond donors (Lipinski definition) is 1. The molecule has 0 aromatic heterocycles. The number of amides is 2. The van der Waals surface area contributed by atoms with E-state index in [4.69, 9.17) is 9.47 Å². The van der Waals surface area contributed by atoms with Crippen molar-refractivity contribution in [1.29, 1.82) is 0 Å². The number of nitrogens with zero attached hydrogens (tertiary/aromatic N) is 1. The number of methoxy groups -OCH3 is 2. The minimum absolute atomic E-state index is 0.0598. The summed E-state index contributed by atoms with van der Waals surface area (Å²) >= 11 is 0. The van der Waals surface area contributed by atoms with Crippen molar-refractivity contribution in [2.45, 2.75) is 50.6 Å². The molecule has 1 aliphatic carbocycles. The zero-order valence-corrected chi connectivity index (χ0v) is 16.3. The van der Waals surface area contributed by atoms with Gasteiger partial charge in [0.05, 0.1) is 25.7 Å². The fraction of sp³-hybridized carbons (Fsp3) is 0.619. The first kappa shape index (κ1) is 19.7. The van der Waals surface area contributed by atoms with Crippen LogP contribution < -0.4 is 10.1 Å². The van der Waals surface area contributed by atoms with Crippen molar-refractivity contribution < 1.29 is 19.1 Å². The van der Waals surface area contributed by atoms with Crippen molar-refractivity contribution in [2.24, 2.45) is 5.92 Å². The van der Waals surface area contributed by atoms with Crippen LogP contribution in [0.1, 0.15) is 50.1 Å². The summed E-state index contributed by atoms with van der Waals surface area (Å²) in [4.78, 5) is 27.6. The maximum absolute atomic E-state index is 13.1. The van der Waals surface area contributed by atoms with Crippen molar-refractivity contribution >= 4 is 11.8 Å². The van der Waals surface area contributed by atoms with Gasteiger partial charge >= 0.3 is 0 Å². The molecule has 2 amide bonds. The molecule has 1 heterocycles. The van der Waals surface area contributed by atoms with Gasteiger partial charge in [0.2, 0.25) is 11.8 Å². The molecule has 0 spiro atoms. The van der Waals surface area contributed by atoms with E-state index < -0.39 is 0 Å². The molecule has 6 nitrogen and oxygen atoms in total. The molecule has 1 saturated heterocycles. The quantitative estimate of drug-likeness (QED) is 0.797. The molecule has 1 aromatic rings. The Labute approximate surface area is 161 Å². The highest BCUT2D eigenvalue weighted by Crippen LogP contribution is 2.38. The van der Waals surface area contributed by atoms with Crippen LogP contribution >= 0.6 is 0 Å². The average Bonchev–Trinajstić information content (AvgIpc) is 3.19. The molecule has 2 atom stereocenters. The molecule has 3 rings (SSSR count). The van der Waals surface area contributed by atoms with Gasteiger partial charge in [0, 0.05) is 26.1 Å². The Morgan fingerprint density at radius 3 is 2.70 bits per heavy atom. The normalized spacial score (nSPS) is 23.5. The van der Waals surface area contributed by atoms with Gasteiger partial charge in [-0.25, -0.2) is 0 Å². The standard InChI is InChI=1S/C21H30N2O4/c1-26-13-12-23-19(24)11-10-18(21(25)22-16-7-3-4-8-16)20(23)15-6-5-9-17(14-15)27-2/h5-6,9,14,16,18,20H,3-4,7-8,10-13H2,1-2H3,(H,22,25)/t18-,20+/m1/s1. The second kappa shape index (κ2) is 9.22. The first-order chi connectivity index (χ1) is 13.1. The summed E-state index contributed by atoms with van der Waals surface area (Å²) in [6.45, 7) is 0.924. The molecule has 148 valence electrons. The molecule has 0 radical (unpaired) electrons. The summed E-state index contributed by atoms with van der Waals surface area (Å²) in [5, 5.41) is 3.23. The molecule has 0 unspecified atom stereocenters. The number of benzene rings is 1. The number of rotatable bonds is 7. The number of carbonyl (C=O) groups excluding carboxylic acids is 2. The average molecular weight is 374 g/mol. The van der Waals surface area contributed by atoms with Crippen molar-refractivity contribution in [2.75, 3.05) is 27.4 Å². The molecule has 6 heteroatoms. The Morgan fingerprint density at radius 2 is 2.00 bits per heavy atom. The predicted octanol–water partition coefficient (Wildman–Crippen LogP) is 2.68. The molecule has 1 aromatic carbocycles. The van der Waals surface area contributed by atoms with E-state index in [0.29, 0.717) is 26.0 Å². The third-order valence-corrected chi connectivity index (χ3v) is 5.72. The molecule has 2 fully saturated rings. The second-order valence-electron chi connectivity index (χ2n) is 7.44. The van der Waals surface area contributed by atoms with E-state index >= 15 is 0 Å². The smallest absolute Gasteiger partial charge is 0.225 e. The molecule has 0 bridgehead atoms. The van der Waals surface area contributed by atoms with Gasteiger partial charge < -0.3 is 19.7 Å². The predicted molar refractivity (Wildman–Crippen MR) is 102 cm³/mol. The Morgan fingerprint density at radius 1 is 1.22 bits per heavy atom. The van der Waals surface area contributed by atoms with Crippen molar-refractivity contribution in [3.8, 4) is 5.75 Å². The van der Waals surface area contributed by atoms with Crippen LogP contribution in [0.2, 0.25) is 0 Å². The van der Waals surface area contributed by atoms with Gasteiger partial charge in [0.1, 0.15) is 5.75 Å². The Balaban J connectivity index is 1.88. The van der Waals surface area contributed by atoms with Crippen molar-refractivity contribution in [1.82, 2.24) is 10.2 Å². The van der Waals surface area contributed by atoms with Gasteiger partial charge in [-0.2, -0.15) is 0 Å². The van der Waals surface area contributed by atoms with E-state index in [1.54, 1.807) is 19.1 Å². The third kappa shape index (κ3) is 4.61. The Bertz CT molecular complexity index is 657. The van der Waals surface area contributed by atoms with Crippen molar-refractivity contribution in [3.05, 3.63) is 29.8 Å². The van der Waals surface area contributed by atoms with Crippen LogP contribution in [0, 0.1) is 5.92 Å². The summed E-state index contributed by atoms with van der Waals surface area (Å²) in [7, 11) is 3.25. The zero-order valence-electron chi connectivity index (χ0n) is 16.3. The fourth-order valence-electron chi connectivity index (χ4n) is 4.30. The molecule has 2 aliphatic rings. The van der Waals surface area contributed by atoms with Gasteiger partial charge in [-0.05, 0) is 37.0 Å². The third-order valence-electron chi connectivity index (χ3n) is 5.72. The lowest BCUT2D eigenvalue weighted by atomic mass is 9.83. The summed E-state index contributed by atoms with van der Waals surface area (Å²) < 4.78 is 10.6. The van der Waals surface area contributed by atoms with Crippen LogP contribution in [0.4, 0.5) is 0 Å². The largest absolute Gasteiger partial charge is 0.497 e. The second-order valence-corrected chi connectivity index (χ2v) is 7.44. The first-order valence-corrected chi connectivity index (χ1v) is 9.86. The van der Waals surface area contributed by atoms with Crippen LogP contribution in [-0.2, 0) is 14.3 Å². The van der Waals surface area contributed by atoms with Crippen molar-refractivity contribution in [3.63, 3.8) is 0 Å². The number of hydrogen-bond acceptors (Lipinski definition) is 4. The van der Waals surface area contributed by atoms with E-state index in [0.717, 1.165) is 24.2 Å². The molecular formula is C21H30N2O4. The van der Waals surface area contributed by atoms with E-state index in [9.17, 15) is 9.59 Å². The van der Waals surface area contributed by atoms with Crippen LogP contribution in [0.3, 0.4) is 0 Å². The van der Waals surface area contributed by atoms with Gasteiger partial charge in [-0.1, -0.05) is 25.0 Å². The topological polar surface area (TPSA) is 67.9 Å². The van der Waals surface area contributed by atoms with Gasteiger partial charge in [0.15, 0.2) is 0 Å². The Kier molecular flexibility index (Phi) is 6.72. The van der Waals surface area contributed by atoms with Crippen LogP contribution in [0.15, 0.2) is 24.3 Å². The minimum atomic E-state index is -0.294. The number of nitrogens with one attached hydrogen (secondary N) is 1. The van der Waals surface area contributed by atoms with E-state index in [1.807, 2.05) is 24.3 Å². The molecular weight excluding hydrogens is 344 g/mol. The van der Waals surface area contributed by atoms with E-state index in [2.05, 4.69) is 5.32 Å². The summed E-state index contributed by atoms with van der Waals surface area (Å²) in [6.07, 6.45) is 5.42. The number of likely N-dealkylation sites (tertiary alicyclic amines) is 1. The van der Waals surface area contributed by atoms with E-state index in [1.165, 1.54) is 12.8 Å². The summed E-state index contributed by atoms with van der Waals surface area (Å²) in [5.74, 6) is 0.605. The van der Waals surface area contributed by atoms with Crippen LogP contribution in [-0.4, -0.2) is 50.1 Å². The number of carbonyl (C=O) groups is 2. The number of piperidine rings is 1. The van der Waals surface area contributed by atoms with Crippen LogP contribution in [0.25, 0.3) is 0 Å². The highest BCUT2D eigenvalue weighted by molar-refractivity contribution is 5.85. The molecule has 1 saturated carbocycles. The monoisotopic (exact) mass is 374 g/mol. The van der Waals surface area contributed by atoms with Gasteiger partial charge in [-0.15, -0.1) is 0 Å². The zero-order chi connectivity index (χ0) is 19.2. The van der Waals surface area contributed by atoms with Gasteiger partial charge in [-0.3, -0.25) is 9.59 Å². The first-order valence-electron chi connectivity index (χ1n) is 9.86. The molecule has 27 heavy (non-hydrogen) atoms. The highest BCUT2D eigenvalue weighted by Gasteiger charge is 2.41. The number of ether oxygens (including phenoxy) is 2. The van der Waals surface area contributed by atoms with Crippen LogP contribution in [0.5, 0.6) is 5.75 Å². The lowest BCUT2D eigenvalue weighted by Gasteiger charge is -2.41. The molecule has 1 aliphatic heterocycles. The molecule has 1 N–H and O–H groups in total. The SMILES string of the molecule is COCCN1C(=O)CC[C@@H](C(=O)NC2CCCC2)[C@@H]1c1cccc(OC)c1. The maximum atomic E-state index is 13.1.